The third-order valence-electron chi connectivity index (χ3n) is 6.45. The topological polar surface area (TPSA) is 67.1 Å². The summed E-state index contributed by atoms with van der Waals surface area (Å²) < 4.78 is 11.9. The molecule has 7 heteroatoms. The van der Waals surface area contributed by atoms with Crippen molar-refractivity contribution in [2.24, 2.45) is 5.10 Å². The number of halogens is 1. The van der Waals surface area contributed by atoms with E-state index in [2.05, 4.69) is 78.1 Å². The first-order valence-electron chi connectivity index (χ1n) is 11.2. The molecule has 1 N–H and O–H groups in total. The summed E-state index contributed by atoms with van der Waals surface area (Å²) in [6, 6.07) is 9.79. The second-order valence-corrected chi connectivity index (χ2v) is 10.2. The van der Waals surface area contributed by atoms with E-state index in [0.29, 0.717) is 17.3 Å². The molecule has 174 valence electrons. The molecule has 2 heterocycles. The van der Waals surface area contributed by atoms with Gasteiger partial charge in [0.25, 0.3) is 0 Å². The van der Waals surface area contributed by atoms with Gasteiger partial charge in [-0.25, -0.2) is 5.43 Å². The Morgan fingerprint density at radius 2 is 2.09 bits per heavy atom. The third kappa shape index (κ3) is 4.38. The minimum Gasteiger partial charge on any atom is -0.493 e. The third-order valence-corrected chi connectivity index (χ3v) is 6.91. The highest BCUT2D eigenvalue weighted by Gasteiger charge is 2.35. The fraction of sp³-hybridized carbons (Fsp3) is 0.385. The zero-order valence-electron chi connectivity index (χ0n) is 20.0. The molecular weight excluding hydrogens is 482 g/mol. The van der Waals surface area contributed by atoms with Crippen LogP contribution in [0.25, 0.3) is 11.0 Å². The van der Waals surface area contributed by atoms with Crippen molar-refractivity contribution in [2.75, 3.05) is 18.6 Å². The van der Waals surface area contributed by atoms with Crippen LogP contribution in [0.2, 0.25) is 0 Å². The number of benzene rings is 2. The first kappa shape index (κ1) is 23.4. The molecule has 1 aliphatic rings. The summed E-state index contributed by atoms with van der Waals surface area (Å²) in [4.78, 5) is 15.1. The highest BCUT2D eigenvalue weighted by molar-refractivity contribution is 9.10. The molecule has 1 aromatic heterocycles. The zero-order chi connectivity index (χ0) is 23.9. The first-order valence-corrected chi connectivity index (χ1v) is 12.0. The minimum absolute atomic E-state index is 0.127. The maximum atomic E-state index is 12.6. The number of methoxy groups -OCH3 is 1. The summed E-state index contributed by atoms with van der Waals surface area (Å²) >= 11 is 3.44. The van der Waals surface area contributed by atoms with Gasteiger partial charge in [-0.15, -0.1) is 0 Å². The number of amides is 1. The molecule has 0 saturated heterocycles. The second-order valence-electron chi connectivity index (χ2n) is 9.27. The summed E-state index contributed by atoms with van der Waals surface area (Å²) in [7, 11) is 1.57. The number of hydrogen-bond acceptors (Lipinski definition) is 5. The zero-order valence-corrected chi connectivity index (χ0v) is 21.5. The summed E-state index contributed by atoms with van der Waals surface area (Å²) in [5.74, 6) is 0.772. The number of aryl methyl sites for hydroxylation is 1. The van der Waals surface area contributed by atoms with Gasteiger partial charge < -0.3 is 14.1 Å². The van der Waals surface area contributed by atoms with Gasteiger partial charge in [-0.1, -0.05) is 22.9 Å². The molecule has 0 spiro atoms. The van der Waals surface area contributed by atoms with Crippen LogP contribution in [0.15, 0.2) is 44.3 Å². The summed E-state index contributed by atoms with van der Waals surface area (Å²) in [5.41, 5.74) is 7.97. The van der Waals surface area contributed by atoms with Crippen LogP contribution in [0.4, 0.5) is 5.69 Å². The van der Waals surface area contributed by atoms with Crippen molar-refractivity contribution >= 4 is 44.7 Å². The highest BCUT2D eigenvalue weighted by atomic mass is 79.9. The molecule has 2 aromatic carbocycles. The van der Waals surface area contributed by atoms with E-state index in [0.717, 1.165) is 34.0 Å². The van der Waals surface area contributed by atoms with E-state index in [1.807, 2.05) is 6.07 Å². The van der Waals surface area contributed by atoms with E-state index in [-0.39, 0.29) is 11.3 Å². The molecule has 33 heavy (non-hydrogen) atoms. The number of hydrogen-bond donors (Lipinski definition) is 1. The first-order chi connectivity index (χ1) is 15.6. The van der Waals surface area contributed by atoms with Crippen molar-refractivity contribution in [1.82, 2.24) is 5.43 Å². The van der Waals surface area contributed by atoms with Gasteiger partial charge in [0.1, 0.15) is 0 Å². The van der Waals surface area contributed by atoms with Crippen LogP contribution in [-0.4, -0.2) is 31.3 Å². The van der Waals surface area contributed by atoms with Crippen molar-refractivity contribution < 1.29 is 13.9 Å². The summed E-state index contributed by atoms with van der Waals surface area (Å²) in [5, 5.41) is 4.99. The largest absolute Gasteiger partial charge is 0.493 e. The fourth-order valence-corrected chi connectivity index (χ4v) is 5.41. The van der Waals surface area contributed by atoms with E-state index < -0.39 is 5.91 Å². The molecule has 1 atom stereocenters. The Morgan fingerprint density at radius 3 is 2.79 bits per heavy atom. The predicted octanol–water partition coefficient (Wildman–Crippen LogP) is 6.39. The number of ether oxygens (including phenoxy) is 1. The van der Waals surface area contributed by atoms with Crippen molar-refractivity contribution in [3.63, 3.8) is 0 Å². The number of furan rings is 1. The molecule has 3 aromatic rings. The average Bonchev–Trinajstić information content (AvgIpc) is 3.17. The van der Waals surface area contributed by atoms with Crippen molar-refractivity contribution in [3.8, 4) is 5.75 Å². The number of nitrogens with zero attached hydrogens (tertiary/aromatic N) is 2. The maximum absolute atomic E-state index is 12.6. The average molecular weight is 512 g/mol. The van der Waals surface area contributed by atoms with Gasteiger partial charge in [0.05, 0.1) is 13.3 Å². The number of rotatable bonds is 5. The molecule has 0 aliphatic carbocycles. The van der Waals surface area contributed by atoms with Crippen LogP contribution < -0.4 is 15.1 Å². The second kappa shape index (κ2) is 8.86. The fourth-order valence-electron chi connectivity index (χ4n) is 4.95. The van der Waals surface area contributed by atoms with Crippen LogP contribution in [-0.2, 0) is 0 Å². The number of anilines is 1. The van der Waals surface area contributed by atoms with Gasteiger partial charge in [-0.3, -0.25) is 4.79 Å². The van der Waals surface area contributed by atoms with Gasteiger partial charge in [-0.2, -0.15) is 5.10 Å². The van der Waals surface area contributed by atoms with Crippen LogP contribution >= 0.6 is 15.9 Å². The van der Waals surface area contributed by atoms with Gasteiger partial charge in [-0.05, 0) is 87.1 Å². The quantitative estimate of drug-likeness (QED) is 0.318. The lowest BCUT2D eigenvalue weighted by molar-refractivity contribution is 0.0929. The van der Waals surface area contributed by atoms with Gasteiger partial charge >= 0.3 is 5.91 Å². The SMILES string of the molecule is CCN1c2cc(C)c(/C=N\NC(=O)c3cc4cc(Br)cc(OC)c4o3)cc2[C@H](C)CC1(C)C. The number of carbonyl (C=O) groups is 1. The number of hydrazone groups is 1. The molecule has 0 fully saturated rings. The van der Waals surface area contributed by atoms with Crippen LogP contribution in [0, 0.1) is 6.92 Å². The van der Waals surface area contributed by atoms with E-state index in [4.69, 9.17) is 9.15 Å². The van der Waals surface area contributed by atoms with Crippen molar-refractivity contribution in [3.05, 3.63) is 57.3 Å². The molecule has 0 bridgehead atoms. The van der Waals surface area contributed by atoms with E-state index in [1.165, 1.54) is 11.3 Å². The Labute approximate surface area is 203 Å². The van der Waals surface area contributed by atoms with E-state index in [9.17, 15) is 4.79 Å². The molecule has 4 rings (SSSR count). The summed E-state index contributed by atoms with van der Waals surface area (Å²) in [6.45, 7) is 12.1. The Hall–Kier alpha value is -2.80. The van der Waals surface area contributed by atoms with Crippen molar-refractivity contribution in [1.29, 1.82) is 0 Å². The number of nitrogens with one attached hydrogen (secondary N) is 1. The smallest absolute Gasteiger partial charge is 0.307 e. The molecule has 0 radical (unpaired) electrons. The van der Waals surface area contributed by atoms with E-state index >= 15 is 0 Å². The standard InChI is InChI=1S/C26H30BrN3O3/c1-7-30-21-8-15(2)18(10-20(21)16(3)13-26(30,4)5)14-28-29-25(31)23-11-17-9-19(27)12-22(32-6)24(17)33-23/h8-12,14,16H,7,13H2,1-6H3,(H,29,31)/b28-14-/t16-/m1/s1. The summed E-state index contributed by atoms with van der Waals surface area (Å²) in [6.07, 6.45) is 2.80. The molecule has 1 amide bonds. The van der Waals surface area contributed by atoms with E-state index in [1.54, 1.807) is 25.5 Å². The Kier molecular flexibility index (Phi) is 6.27. The monoisotopic (exact) mass is 511 g/mol. The predicted molar refractivity (Wildman–Crippen MR) is 137 cm³/mol. The molecule has 6 nitrogen and oxygen atoms in total. The van der Waals surface area contributed by atoms with Crippen LogP contribution in [0.1, 0.15) is 67.3 Å². The maximum Gasteiger partial charge on any atom is 0.307 e. The van der Waals surface area contributed by atoms with Gasteiger partial charge in [0.15, 0.2) is 17.1 Å². The lowest BCUT2D eigenvalue weighted by Crippen LogP contribution is -2.48. The van der Waals surface area contributed by atoms with Crippen LogP contribution in [0.5, 0.6) is 5.75 Å². The van der Waals surface area contributed by atoms with Crippen molar-refractivity contribution in [2.45, 2.75) is 52.5 Å². The molecule has 1 aliphatic heterocycles. The Balaban J connectivity index is 1.56. The Morgan fingerprint density at radius 1 is 1.33 bits per heavy atom. The molecule has 0 saturated carbocycles. The highest BCUT2D eigenvalue weighted by Crippen LogP contribution is 2.44. The lowest BCUT2D eigenvalue weighted by atomic mass is 9.79. The van der Waals surface area contributed by atoms with Crippen LogP contribution in [0.3, 0.4) is 0 Å². The van der Waals surface area contributed by atoms with Gasteiger partial charge in [0, 0.05) is 27.6 Å². The molecule has 0 unspecified atom stereocenters. The van der Waals surface area contributed by atoms with Gasteiger partial charge in [0.2, 0.25) is 0 Å². The normalized spacial score (nSPS) is 17.4. The lowest BCUT2D eigenvalue weighted by Gasteiger charge is -2.47. The number of carbonyl (C=O) groups excluding carboxylic acids is 1. The number of fused-ring (bicyclic) bond motifs is 2. The molecular formula is C26H30BrN3O3. The Bertz CT molecular complexity index is 1250. The minimum atomic E-state index is -0.413.